The molecule has 1 saturated carbocycles. The number of hydrogen-bond acceptors (Lipinski definition) is 4. The van der Waals surface area contributed by atoms with E-state index in [4.69, 9.17) is 0 Å². The van der Waals surface area contributed by atoms with Crippen molar-refractivity contribution in [1.82, 2.24) is 4.98 Å². The summed E-state index contributed by atoms with van der Waals surface area (Å²) in [6.07, 6.45) is 4.91. The van der Waals surface area contributed by atoms with Crippen LogP contribution in [0.15, 0.2) is 23.7 Å². The zero-order valence-electron chi connectivity index (χ0n) is 9.60. The summed E-state index contributed by atoms with van der Waals surface area (Å²) in [6, 6.07) is 4.13. The summed E-state index contributed by atoms with van der Waals surface area (Å²) in [7, 11) is 0. The van der Waals surface area contributed by atoms with Crippen LogP contribution >= 0.6 is 11.3 Å². The molecule has 2 aromatic heterocycles. The fourth-order valence-corrected chi connectivity index (χ4v) is 3.30. The van der Waals surface area contributed by atoms with Gasteiger partial charge in [-0.3, -0.25) is 0 Å². The Labute approximate surface area is 105 Å². The SMILES string of the molecule is OC1CCCC1CNc1nccc2sccc12. The zero-order chi connectivity index (χ0) is 11.7. The van der Waals surface area contributed by atoms with Gasteiger partial charge in [-0.15, -0.1) is 11.3 Å². The number of pyridine rings is 1. The molecule has 3 nitrogen and oxygen atoms in total. The van der Waals surface area contributed by atoms with Gasteiger partial charge in [-0.2, -0.15) is 0 Å². The first-order valence-electron chi connectivity index (χ1n) is 6.09. The first kappa shape index (κ1) is 11.0. The number of rotatable bonds is 3. The molecule has 2 atom stereocenters. The molecule has 0 spiro atoms. The quantitative estimate of drug-likeness (QED) is 0.878. The number of aliphatic hydroxyl groups is 1. The number of aromatic nitrogens is 1. The van der Waals surface area contributed by atoms with Gasteiger partial charge in [-0.1, -0.05) is 6.42 Å². The maximum Gasteiger partial charge on any atom is 0.134 e. The fourth-order valence-electron chi connectivity index (χ4n) is 2.52. The standard InChI is InChI=1S/C13H16N2OS/c16-11-3-1-2-9(11)8-15-13-10-5-7-17-12(10)4-6-14-13/h4-7,9,11,16H,1-3,8H2,(H,14,15). The summed E-state index contributed by atoms with van der Waals surface area (Å²) in [5.41, 5.74) is 0. The summed E-state index contributed by atoms with van der Waals surface area (Å²) >= 11 is 1.73. The number of anilines is 1. The highest BCUT2D eigenvalue weighted by atomic mass is 32.1. The Morgan fingerprint density at radius 2 is 2.35 bits per heavy atom. The van der Waals surface area contributed by atoms with Gasteiger partial charge in [0.25, 0.3) is 0 Å². The van der Waals surface area contributed by atoms with Gasteiger partial charge >= 0.3 is 0 Å². The highest BCUT2D eigenvalue weighted by Gasteiger charge is 2.24. The number of hydrogen-bond donors (Lipinski definition) is 2. The van der Waals surface area contributed by atoms with E-state index in [0.29, 0.717) is 5.92 Å². The van der Waals surface area contributed by atoms with Gasteiger partial charge in [-0.05, 0) is 30.4 Å². The first-order chi connectivity index (χ1) is 8.34. The number of thiophene rings is 1. The van der Waals surface area contributed by atoms with Crippen LogP contribution in [-0.4, -0.2) is 22.7 Å². The van der Waals surface area contributed by atoms with Crippen molar-refractivity contribution in [2.75, 3.05) is 11.9 Å². The Morgan fingerprint density at radius 1 is 1.41 bits per heavy atom. The van der Waals surface area contributed by atoms with Crippen molar-refractivity contribution < 1.29 is 5.11 Å². The van der Waals surface area contributed by atoms with Crippen LogP contribution in [0.5, 0.6) is 0 Å². The molecular weight excluding hydrogens is 232 g/mol. The second kappa shape index (κ2) is 4.63. The molecule has 2 aromatic rings. The van der Waals surface area contributed by atoms with E-state index in [-0.39, 0.29) is 6.10 Å². The topological polar surface area (TPSA) is 45.1 Å². The van der Waals surface area contributed by atoms with Crippen molar-refractivity contribution >= 4 is 27.2 Å². The first-order valence-corrected chi connectivity index (χ1v) is 6.97. The molecule has 4 heteroatoms. The highest BCUT2D eigenvalue weighted by molar-refractivity contribution is 7.17. The molecule has 0 aromatic carbocycles. The lowest BCUT2D eigenvalue weighted by Gasteiger charge is -2.15. The third-order valence-electron chi connectivity index (χ3n) is 3.53. The normalized spacial score (nSPS) is 24.3. The Morgan fingerprint density at radius 3 is 3.18 bits per heavy atom. The fraction of sp³-hybridized carbons (Fsp3) is 0.462. The van der Waals surface area contributed by atoms with E-state index in [0.717, 1.165) is 31.6 Å². The van der Waals surface area contributed by atoms with E-state index in [1.165, 1.54) is 10.1 Å². The molecule has 2 heterocycles. The van der Waals surface area contributed by atoms with Crippen molar-refractivity contribution in [3.63, 3.8) is 0 Å². The minimum Gasteiger partial charge on any atom is -0.393 e. The van der Waals surface area contributed by atoms with Gasteiger partial charge in [0.2, 0.25) is 0 Å². The molecule has 0 amide bonds. The average Bonchev–Trinajstić information content (AvgIpc) is 2.95. The Kier molecular flexibility index (Phi) is 2.99. The van der Waals surface area contributed by atoms with Crippen LogP contribution in [0.25, 0.3) is 10.1 Å². The minimum atomic E-state index is -0.135. The lowest BCUT2D eigenvalue weighted by Crippen LogP contribution is -2.22. The van der Waals surface area contributed by atoms with Crippen LogP contribution in [0.2, 0.25) is 0 Å². The van der Waals surface area contributed by atoms with Gasteiger partial charge in [0.15, 0.2) is 0 Å². The summed E-state index contributed by atoms with van der Waals surface area (Å²) in [5.74, 6) is 1.33. The van der Waals surface area contributed by atoms with E-state index in [1.54, 1.807) is 11.3 Å². The number of fused-ring (bicyclic) bond motifs is 1. The maximum absolute atomic E-state index is 9.78. The van der Waals surface area contributed by atoms with Crippen molar-refractivity contribution in [3.8, 4) is 0 Å². The van der Waals surface area contributed by atoms with Gasteiger partial charge in [0, 0.05) is 28.7 Å². The Bertz CT molecular complexity index is 511. The lowest BCUT2D eigenvalue weighted by atomic mass is 10.1. The third-order valence-corrected chi connectivity index (χ3v) is 4.41. The van der Waals surface area contributed by atoms with Crippen LogP contribution in [0.3, 0.4) is 0 Å². The van der Waals surface area contributed by atoms with Crippen LogP contribution in [0.1, 0.15) is 19.3 Å². The summed E-state index contributed by atoms with van der Waals surface area (Å²) < 4.78 is 1.26. The average molecular weight is 248 g/mol. The van der Waals surface area contributed by atoms with E-state index in [9.17, 15) is 5.11 Å². The lowest BCUT2D eigenvalue weighted by molar-refractivity contribution is 0.138. The largest absolute Gasteiger partial charge is 0.393 e. The van der Waals surface area contributed by atoms with Gasteiger partial charge in [-0.25, -0.2) is 4.98 Å². The molecule has 0 saturated heterocycles. The number of nitrogens with one attached hydrogen (secondary N) is 1. The van der Waals surface area contributed by atoms with Crippen molar-refractivity contribution in [3.05, 3.63) is 23.7 Å². The van der Waals surface area contributed by atoms with Crippen LogP contribution in [0.4, 0.5) is 5.82 Å². The second-order valence-corrected chi connectivity index (χ2v) is 5.58. The molecule has 1 aliphatic carbocycles. The number of aliphatic hydroxyl groups excluding tert-OH is 1. The molecule has 0 radical (unpaired) electrons. The molecule has 1 aliphatic rings. The molecule has 0 aliphatic heterocycles. The zero-order valence-corrected chi connectivity index (χ0v) is 10.4. The molecule has 0 bridgehead atoms. The summed E-state index contributed by atoms with van der Waals surface area (Å²) in [6.45, 7) is 0.823. The second-order valence-electron chi connectivity index (χ2n) is 4.63. The Balaban J connectivity index is 1.74. The Hall–Kier alpha value is -1.13. The predicted molar refractivity (Wildman–Crippen MR) is 71.5 cm³/mol. The minimum absolute atomic E-state index is 0.135. The van der Waals surface area contributed by atoms with E-state index >= 15 is 0 Å². The maximum atomic E-state index is 9.78. The van der Waals surface area contributed by atoms with Crippen LogP contribution in [0, 0.1) is 5.92 Å². The van der Waals surface area contributed by atoms with Crippen molar-refractivity contribution in [2.45, 2.75) is 25.4 Å². The molecule has 3 rings (SSSR count). The van der Waals surface area contributed by atoms with Crippen molar-refractivity contribution in [2.24, 2.45) is 5.92 Å². The third kappa shape index (κ3) is 2.15. The van der Waals surface area contributed by atoms with Gasteiger partial charge < -0.3 is 10.4 Å². The number of nitrogens with zero attached hydrogens (tertiary/aromatic N) is 1. The smallest absolute Gasteiger partial charge is 0.134 e. The van der Waals surface area contributed by atoms with Gasteiger partial charge in [0.1, 0.15) is 5.82 Å². The molecule has 1 fully saturated rings. The van der Waals surface area contributed by atoms with E-state index in [2.05, 4.69) is 21.7 Å². The summed E-state index contributed by atoms with van der Waals surface area (Å²) in [4.78, 5) is 4.38. The highest BCUT2D eigenvalue weighted by Crippen LogP contribution is 2.28. The van der Waals surface area contributed by atoms with Gasteiger partial charge in [0.05, 0.1) is 6.10 Å². The van der Waals surface area contributed by atoms with E-state index < -0.39 is 0 Å². The summed E-state index contributed by atoms with van der Waals surface area (Å²) in [5, 5.41) is 16.4. The van der Waals surface area contributed by atoms with Crippen molar-refractivity contribution in [1.29, 1.82) is 0 Å². The monoisotopic (exact) mass is 248 g/mol. The van der Waals surface area contributed by atoms with Crippen LogP contribution < -0.4 is 5.32 Å². The molecular formula is C13H16N2OS. The molecule has 17 heavy (non-hydrogen) atoms. The molecule has 2 N–H and O–H groups in total. The molecule has 90 valence electrons. The predicted octanol–water partition coefficient (Wildman–Crippen LogP) is 2.87. The van der Waals surface area contributed by atoms with Crippen LogP contribution in [-0.2, 0) is 0 Å². The van der Waals surface area contributed by atoms with E-state index in [1.807, 2.05) is 12.3 Å². The molecule has 2 unspecified atom stereocenters.